The van der Waals surface area contributed by atoms with Crippen LogP contribution in [0.1, 0.15) is 18.1 Å². The van der Waals surface area contributed by atoms with E-state index in [1.165, 1.54) is 5.56 Å². The lowest BCUT2D eigenvalue weighted by Gasteiger charge is -2.38. The third-order valence-corrected chi connectivity index (χ3v) is 3.63. The zero-order chi connectivity index (χ0) is 15.3. The van der Waals surface area contributed by atoms with E-state index in [0.717, 1.165) is 25.2 Å². The van der Waals surface area contributed by atoms with Gasteiger partial charge < -0.3 is 20.3 Å². The molecule has 1 fully saturated rings. The first-order valence-corrected chi connectivity index (χ1v) is 7.31. The summed E-state index contributed by atoms with van der Waals surface area (Å²) >= 11 is 0. The Morgan fingerprint density at radius 2 is 2.00 bits per heavy atom. The van der Waals surface area contributed by atoms with Crippen molar-refractivity contribution < 1.29 is 9.53 Å². The van der Waals surface area contributed by atoms with E-state index in [1.807, 2.05) is 33.2 Å². The first-order chi connectivity index (χ1) is 9.98. The summed E-state index contributed by atoms with van der Waals surface area (Å²) in [7, 11) is 4.08. The van der Waals surface area contributed by atoms with E-state index in [0.29, 0.717) is 6.54 Å². The van der Waals surface area contributed by atoms with E-state index < -0.39 is 0 Å². The van der Waals surface area contributed by atoms with Gasteiger partial charge in [0.15, 0.2) is 0 Å². The Balaban J connectivity index is 1.80. The molecule has 1 aliphatic heterocycles. The average molecular weight is 291 g/mol. The molecule has 0 spiro atoms. The molecular weight excluding hydrogens is 266 g/mol. The van der Waals surface area contributed by atoms with Crippen molar-refractivity contribution in [3.8, 4) is 0 Å². The zero-order valence-electron chi connectivity index (χ0n) is 13.1. The molecule has 2 N–H and O–H groups in total. The van der Waals surface area contributed by atoms with Crippen molar-refractivity contribution in [2.24, 2.45) is 0 Å². The number of rotatable bonds is 7. The number of nitrogens with zero attached hydrogens (tertiary/aromatic N) is 1. The van der Waals surface area contributed by atoms with Crippen LogP contribution in [0, 0.1) is 0 Å². The number of hydrogen-bond acceptors (Lipinski definition) is 4. The van der Waals surface area contributed by atoms with Gasteiger partial charge in [-0.1, -0.05) is 24.3 Å². The van der Waals surface area contributed by atoms with Crippen molar-refractivity contribution in [3.63, 3.8) is 0 Å². The standard InChI is InChI=1S/C16H25N3O2/c1-16(11-17-12-16)21-10-15(20)18-8-13-6-4-5-7-14(13)9-19(2)3/h4-7,17H,8-12H2,1-3H3,(H,18,20). The Bertz CT molecular complexity index is 484. The van der Waals surface area contributed by atoms with E-state index >= 15 is 0 Å². The lowest BCUT2D eigenvalue weighted by Crippen LogP contribution is -2.59. The van der Waals surface area contributed by atoms with Crippen molar-refractivity contribution in [3.05, 3.63) is 35.4 Å². The van der Waals surface area contributed by atoms with Gasteiger partial charge in [0.2, 0.25) is 5.91 Å². The summed E-state index contributed by atoms with van der Waals surface area (Å²) in [6.45, 7) is 5.17. The molecule has 0 unspecified atom stereocenters. The Morgan fingerprint density at radius 3 is 2.57 bits per heavy atom. The number of amides is 1. The molecule has 5 heteroatoms. The van der Waals surface area contributed by atoms with Gasteiger partial charge in [0.05, 0.1) is 5.60 Å². The SMILES string of the molecule is CN(C)Cc1ccccc1CNC(=O)COC1(C)CNC1. The zero-order valence-corrected chi connectivity index (χ0v) is 13.1. The molecule has 2 rings (SSSR count). The monoisotopic (exact) mass is 291 g/mol. The highest BCUT2D eigenvalue weighted by atomic mass is 16.5. The Labute approximate surface area is 126 Å². The van der Waals surface area contributed by atoms with E-state index in [4.69, 9.17) is 4.74 Å². The molecule has 0 saturated carbocycles. The van der Waals surface area contributed by atoms with Gasteiger partial charge in [-0.05, 0) is 32.1 Å². The van der Waals surface area contributed by atoms with Crippen LogP contribution in [-0.4, -0.2) is 50.2 Å². The second-order valence-electron chi connectivity index (χ2n) is 6.13. The number of hydrogen-bond donors (Lipinski definition) is 2. The summed E-state index contributed by atoms with van der Waals surface area (Å²) in [5, 5.41) is 6.08. The van der Waals surface area contributed by atoms with Crippen LogP contribution < -0.4 is 10.6 Å². The molecular formula is C16H25N3O2. The van der Waals surface area contributed by atoms with Crippen LogP contribution >= 0.6 is 0 Å². The second kappa shape index (κ2) is 7.02. The molecule has 0 aliphatic carbocycles. The fourth-order valence-electron chi connectivity index (χ4n) is 2.29. The first-order valence-electron chi connectivity index (χ1n) is 7.31. The molecule has 116 valence electrons. The summed E-state index contributed by atoms with van der Waals surface area (Å²) in [5.41, 5.74) is 2.20. The van der Waals surface area contributed by atoms with Gasteiger partial charge in [0.25, 0.3) is 0 Å². The van der Waals surface area contributed by atoms with E-state index in [-0.39, 0.29) is 18.1 Å². The minimum absolute atomic E-state index is 0.0669. The Hall–Kier alpha value is -1.43. The normalized spacial score (nSPS) is 16.6. The van der Waals surface area contributed by atoms with Crippen LogP contribution in [0.2, 0.25) is 0 Å². The van der Waals surface area contributed by atoms with Gasteiger partial charge in [0, 0.05) is 26.2 Å². The highest BCUT2D eigenvalue weighted by Crippen LogP contribution is 2.14. The molecule has 0 radical (unpaired) electrons. The van der Waals surface area contributed by atoms with Crippen LogP contribution in [0.3, 0.4) is 0 Å². The number of carbonyl (C=O) groups excluding carboxylic acids is 1. The van der Waals surface area contributed by atoms with Crippen molar-refractivity contribution in [2.45, 2.75) is 25.6 Å². The van der Waals surface area contributed by atoms with Crippen LogP contribution in [0.15, 0.2) is 24.3 Å². The molecule has 1 amide bonds. The molecule has 0 aromatic heterocycles. The van der Waals surface area contributed by atoms with E-state index in [2.05, 4.69) is 27.7 Å². The maximum Gasteiger partial charge on any atom is 0.246 e. The molecule has 21 heavy (non-hydrogen) atoms. The van der Waals surface area contributed by atoms with Gasteiger partial charge in [-0.15, -0.1) is 0 Å². The summed E-state index contributed by atoms with van der Waals surface area (Å²) in [5.74, 6) is -0.0669. The molecule has 0 bridgehead atoms. The fourth-order valence-corrected chi connectivity index (χ4v) is 2.29. The van der Waals surface area contributed by atoms with Crippen LogP contribution in [0.25, 0.3) is 0 Å². The molecule has 0 atom stereocenters. The van der Waals surface area contributed by atoms with E-state index in [1.54, 1.807) is 0 Å². The number of nitrogens with one attached hydrogen (secondary N) is 2. The summed E-state index contributed by atoms with van der Waals surface area (Å²) in [6, 6.07) is 8.17. The second-order valence-corrected chi connectivity index (χ2v) is 6.13. The van der Waals surface area contributed by atoms with Crippen molar-refractivity contribution in [1.82, 2.24) is 15.5 Å². The summed E-state index contributed by atoms with van der Waals surface area (Å²) in [6.07, 6.45) is 0. The van der Waals surface area contributed by atoms with Crippen LogP contribution in [0.5, 0.6) is 0 Å². The minimum Gasteiger partial charge on any atom is -0.363 e. The predicted octanol–water partition coefficient (Wildman–Crippen LogP) is 0.743. The van der Waals surface area contributed by atoms with Gasteiger partial charge in [0.1, 0.15) is 6.61 Å². The van der Waals surface area contributed by atoms with Gasteiger partial charge in [-0.2, -0.15) is 0 Å². The van der Waals surface area contributed by atoms with Crippen molar-refractivity contribution >= 4 is 5.91 Å². The Kier molecular flexibility index (Phi) is 5.33. The molecule has 1 aromatic rings. The van der Waals surface area contributed by atoms with Crippen molar-refractivity contribution in [1.29, 1.82) is 0 Å². The van der Waals surface area contributed by atoms with Gasteiger partial charge in [-0.3, -0.25) is 4.79 Å². The van der Waals surface area contributed by atoms with E-state index in [9.17, 15) is 4.79 Å². The molecule has 1 saturated heterocycles. The van der Waals surface area contributed by atoms with Crippen molar-refractivity contribution in [2.75, 3.05) is 33.8 Å². The third-order valence-electron chi connectivity index (χ3n) is 3.63. The maximum absolute atomic E-state index is 11.9. The molecule has 1 aromatic carbocycles. The summed E-state index contributed by atoms with van der Waals surface area (Å²) < 4.78 is 5.63. The van der Waals surface area contributed by atoms with Crippen LogP contribution in [0.4, 0.5) is 0 Å². The largest absolute Gasteiger partial charge is 0.363 e. The minimum atomic E-state index is -0.180. The number of ether oxygens (including phenoxy) is 1. The molecule has 1 aliphatic rings. The smallest absolute Gasteiger partial charge is 0.246 e. The molecule has 5 nitrogen and oxygen atoms in total. The molecule has 1 heterocycles. The highest BCUT2D eigenvalue weighted by molar-refractivity contribution is 5.77. The fraction of sp³-hybridized carbons (Fsp3) is 0.562. The predicted molar refractivity (Wildman–Crippen MR) is 82.9 cm³/mol. The van der Waals surface area contributed by atoms with Crippen LogP contribution in [-0.2, 0) is 22.6 Å². The quantitative estimate of drug-likeness (QED) is 0.778. The lowest BCUT2D eigenvalue weighted by atomic mass is 10.0. The average Bonchev–Trinajstić information content (AvgIpc) is 2.41. The Morgan fingerprint density at radius 1 is 1.33 bits per heavy atom. The summed E-state index contributed by atoms with van der Waals surface area (Å²) in [4.78, 5) is 14.0. The maximum atomic E-state index is 11.9. The number of carbonyl (C=O) groups is 1. The topological polar surface area (TPSA) is 53.6 Å². The van der Waals surface area contributed by atoms with Gasteiger partial charge >= 0.3 is 0 Å². The number of benzene rings is 1. The third kappa shape index (κ3) is 4.81. The van der Waals surface area contributed by atoms with Gasteiger partial charge in [-0.25, -0.2) is 0 Å². The highest BCUT2D eigenvalue weighted by Gasteiger charge is 2.32. The first kappa shape index (κ1) is 15.9. The lowest BCUT2D eigenvalue weighted by molar-refractivity contribution is -0.136.